The van der Waals surface area contributed by atoms with Crippen molar-refractivity contribution >= 4 is 28.4 Å². The van der Waals surface area contributed by atoms with Crippen molar-refractivity contribution in [2.24, 2.45) is 0 Å². The lowest BCUT2D eigenvalue weighted by Gasteiger charge is -2.08. The summed E-state index contributed by atoms with van der Waals surface area (Å²) in [5.41, 5.74) is 1.29. The molecule has 0 saturated heterocycles. The van der Waals surface area contributed by atoms with E-state index in [1.54, 1.807) is 49.6 Å². The second-order valence-electron chi connectivity index (χ2n) is 5.24. The number of hydrogen-bond donors (Lipinski definition) is 2. The molecule has 3 aromatic rings. The molecular weight excluding hydrogens is 328 g/mol. The fraction of sp³-hybridized carbons (Fsp3) is 0.111. The number of aromatic nitrogens is 1. The number of methoxy groups -OCH3 is 1. The number of carbonyl (C=O) groups excluding carboxylic acids is 1. The second-order valence-corrected chi connectivity index (χ2v) is 5.65. The third-order valence-corrected chi connectivity index (χ3v) is 4.02. The molecule has 1 amide bonds. The van der Waals surface area contributed by atoms with Gasteiger partial charge in [-0.2, -0.15) is 0 Å². The first-order valence-corrected chi connectivity index (χ1v) is 7.69. The predicted octanol–water partition coefficient (Wildman–Crippen LogP) is 3.12. The summed E-state index contributed by atoms with van der Waals surface area (Å²) in [6.45, 7) is 0.104. The molecule has 0 saturated carbocycles. The maximum Gasteiger partial charge on any atom is 0.253 e. The van der Waals surface area contributed by atoms with E-state index in [0.717, 1.165) is 5.39 Å². The van der Waals surface area contributed by atoms with E-state index < -0.39 is 0 Å². The monoisotopic (exact) mass is 342 g/mol. The van der Waals surface area contributed by atoms with Crippen molar-refractivity contribution in [1.29, 1.82) is 0 Å². The van der Waals surface area contributed by atoms with Crippen LogP contribution in [0, 0.1) is 0 Å². The summed E-state index contributed by atoms with van der Waals surface area (Å²) in [6, 6.07) is 13.9. The van der Waals surface area contributed by atoms with Gasteiger partial charge in [-0.25, -0.2) is 0 Å². The third-order valence-electron chi connectivity index (χ3n) is 3.69. The molecule has 0 aliphatic rings. The number of pyridine rings is 1. The summed E-state index contributed by atoms with van der Waals surface area (Å²) in [4.78, 5) is 27.1. The number of H-pyrrole nitrogens is 1. The lowest BCUT2D eigenvalue weighted by Crippen LogP contribution is -2.26. The van der Waals surface area contributed by atoms with Crippen LogP contribution >= 0.6 is 11.6 Å². The second kappa shape index (κ2) is 6.76. The average Bonchev–Trinajstić information content (AvgIpc) is 2.59. The fourth-order valence-corrected chi connectivity index (χ4v) is 2.63. The molecule has 3 rings (SSSR count). The highest BCUT2D eigenvalue weighted by molar-refractivity contribution is 6.33. The molecule has 0 unspecified atom stereocenters. The summed E-state index contributed by atoms with van der Waals surface area (Å²) >= 11 is 6.00. The number of rotatable bonds is 4. The molecule has 0 radical (unpaired) electrons. The van der Waals surface area contributed by atoms with Crippen LogP contribution in [0.2, 0.25) is 5.02 Å². The summed E-state index contributed by atoms with van der Waals surface area (Å²) in [5, 5.41) is 3.91. The van der Waals surface area contributed by atoms with Gasteiger partial charge in [0.15, 0.2) is 0 Å². The van der Waals surface area contributed by atoms with Crippen molar-refractivity contribution in [3.05, 3.63) is 75.0 Å². The van der Waals surface area contributed by atoms with Gasteiger partial charge in [-0.15, -0.1) is 0 Å². The zero-order valence-electron chi connectivity index (χ0n) is 12.9. The molecule has 6 heteroatoms. The number of fused-ring (bicyclic) bond motifs is 1. The third kappa shape index (κ3) is 3.26. The Balaban J connectivity index is 1.84. The highest BCUT2D eigenvalue weighted by atomic mass is 35.5. The number of hydrogen-bond acceptors (Lipinski definition) is 3. The van der Waals surface area contributed by atoms with Gasteiger partial charge >= 0.3 is 0 Å². The van der Waals surface area contributed by atoms with Crippen LogP contribution in [0.1, 0.15) is 15.9 Å². The van der Waals surface area contributed by atoms with E-state index in [1.165, 1.54) is 0 Å². The van der Waals surface area contributed by atoms with Gasteiger partial charge in [0.25, 0.3) is 11.5 Å². The molecule has 5 nitrogen and oxygen atoms in total. The van der Waals surface area contributed by atoms with Crippen molar-refractivity contribution in [1.82, 2.24) is 10.3 Å². The molecule has 0 aliphatic carbocycles. The van der Waals surface area contributed by atoms with Crippen LogP contribution in [-0.4, -0.2) is 18.0 Å². The Bertz CT molecular complexity index is 966. The van der Waals surface area contributed by atoms with Crippen molar-refractivity contribution in [3.63, 3.8) is 0 Å². The Morgan fingerprint density at radius 2 is 2.00 bits per heavy atom. The minimum atomic E-state index is -0.328. The van der Waals surface area contributed by atoms with Crippen molar-refractivity contribution in [3.8, 4) is 5.75 Å². The van der Waals surface area contributed by atoms with Crippen LogP contribution in [0.4, 0.5) is 0 Å². The first kappa shape index (κ1) is 16.1. The maximum atomic E-state index is 12.2. The summed E-state index contributed by atoms with van der Waals surface area (Å²) in [5.74, 6) is 0.367. The zero-order valence-corrected chi connectivity index (χ0v) is 13.7. The van der Waals surface area contributed by atoms with E-state index in [1.807, 2.05) is 6.07 Å². The minimum absolute atomic E-state index is 0.104. The topological polar surface area (TPSA) is 71.2 Å². The number of benzene rings is 2. The number of ether oxygens (including phenoxy) is 1. The summed E-state index contributed by atoms with van der Waals surface area (Å²) < 4.78 is 5.19. The molecule has 0 spiro atoms. The van der Waals surface area contributed by atoms with Gasteiger partial charge in [0.2, 0.25) is 0 Å². The maximum absolute atomic E-state index is 12.2. The van der Waals surface area contributed by atoms with Crippen molar-refractivity contribution in [2.45, 2.75) is 6.54 Å². The number of aromatic amines is 1. The smallest absolute Gasteiger partial charge is 0.253 e. The zero-order chi connectivity index (χ0) is 17.1. The van der Waals surface area contributed by atoms with Crippen LogP contribution in [0.5, 0.6) is 5.75 Å². The lowest BCUT2D eigenvalue weighted by atomic mass is 10.1. The SMILES string of the molecule is COc1ccc2[nH]c(=O)c(CNC(=O)c3ccccc3Cl)cc2c1. The molecule has 1 aromatic heterocycles. The van der Waals surface area contributed by atoms with Crippen molar-refractivity contribution < 1.29 is 9.53 Å². The van der Waals surface area contributed by atoms with E-state index in [0.29, 0.717) is 27.4 Å². The standard InChI is InChI=1S/C18H15ClN2O3/c1-24-13-6-7-16-11(9-13)8-12(17(22)21-16)10-20-18(23)14-4-2-3-5-15(14)19/h2-9H,10H2,1H3,(H,20,23)(H,21,22). The summed E-state index contributed by atoms with van der Waals surface area (Å²) in [6.07, 6.45) is 0. The van der Waals surface area contributed by atoms with Crippen LogP contribution in [-0.2, 0) is 6.54 Å². The van der Waals surface area contributed by atoms with Crippen molar-refractivity contribution in [2.75, 3.05) is 7.11 Å². The largest absolute Gasteiger partial charge is 0.497 e. The number of amides is 1. The molecule has 122 valence electrons. The van der Waals surface area contributed by atoms with E-state index >= 15 is 0 Å². The van der Waals surface area contributed by atoms with E-state index in [9.17, 15) is 9.59 Å². The molecule has 0 bridgehead atoms. The van der Waals surface area contributed by atoms with Gasteiger partial charge in [0.05, 0.1) is 17.7 Å². The van der Waals surface area contributed by atoms with Gasteiger partial charge in [-0.3, -0.25) is 9.59 Å². The van der Waals surface area contributed by atoms with Crippen LogP contribution in [0.15, 0.2) is 53.3 Å². The van der Waals surface area contributed by atoms with Crippen LogP contribution in [0.3, 0.4) is 0 Å². The molecule has 2 aromatic carbocycles. The highest BCUT2D eigenvalue weighted by Gasteiger charge is 2.10. The predicted molar refractivity (Wildman–Crippen MR) is 93.7 cm³/mol. The normalized spacial score (nSPS) is 10.6. The molecule has 0 atom stereocenters. The Kier molecular flexibility index (Phi) is 4.53. The average molecular weight is 343 g/mol. The first-order chi connectivity index (χ1) is 11.6. The summed E-state index contributed by atoms with van der Waals surface area (Å²) in [7, 11) is 1.58. The van der Waals surface area contributed by atoms with Gasteiger partial charge < -0.3 is 15.0 Å². The molecular formula is C18H15ClN2O3. The number of nitrogens with one attached hydrogen (secondary N) is 2. The first-order valence-electron chi connectivity index (χ1n) is 7.31. The molecule has 0 aliphatic heterocycles. The van der Waals surface area contributed by atoms with E-state index in [-0.39, 0.29) is 18.0 Å². The van der Waals surface area contributed by atoms with E-state index in [4.69, 9.17) is 16.3 Å². The number of halogens is 1. The molecule has 1 heterocycles. The molecule has 0 fully saturated rings. The molecule has 24 heavy (non-hydrogen) atoms. The number of carbonyl (C=O) groups is 1. The van der Waals surface area contributed by atoms with Crippen LogP contribution in [0.25, 0.3) is 10.9 Å². The highest BCUT2D eigenvalue weighted by Crippen LogP contribution is 2.19. The minimum Gasteiger partial charge on any atom is -0.497 e. The quantitative estimate of drug-likeness (QED) is 0.765. The van der Waals surface area contributed by atoms with Crippen LogP contribution < -0.4 is 15.6 Å². The van der Waals surface area contributed by atoms with E-state index in [2.05, 4.69) is 10.3 Å². The van der Waals surface area contributed by atoms with Gasteiger partial charge in [0, 0.05) is 23.0 Å². The fourth-order valence-electron chi connectivity index (χ4n) is 2.40. The Labute approximate surface area is 143 Å². The lowest BCUT2D eigenvalue weighted by molar-refractivity contribution is 0.0951. The van der Waals surface area contributed by atoms with Gasteiger partial charge in [-0.05, 0) is 36.4 Å². The van der Waals surface area contributed by atoms with Gasteiger partial charge in [0.1, 0.15) is 5.75 Å². The molecule has 2 N–H and O–H groups in total. The Hall–Kier alpha value is -2.79. The Morgan fingerprint density at radius 3 is 2.75 bits per heavy atom. The van der Waals surface area contributed by atoms with Gasteiger partial charge in [-0.1, -0.05) is 23.7 Å². The Morgan fingerprint density at radius 1 is 1.21 bits per heavy atom.